The second kappa shape index (κ2) is 4.36. The number of hydrazone groups is 1. The average Bonchev–Trinajstić information content (AvgIpc) is 2.54. The van der Waals surface area contributed by atoms with Crippen molar-refractivity contribution in [3.05, 3.63) is 34.2 Å². The fourth-order valence-corrected chi connectivity index (χ4v) is 1.77. The van der Waals surface area contributed by atoms with Crippen LogP contribution in [0.1, 0.15) is 5.56 Å². The van der Waals surface area contributed by atoms with Gasteiger partial charge in [-0.05, 0) is 17.7 Å². The summed E-state index contributed by atoms with van der Waals surface area (Å²) in [6.07, 6.45) is 1.46. The topological polar surface area (TPSA) is 94.4 Å². The van der Waals surface area contributed by atoms with Crippen molar-refractivity contribution in [2.24, 2.45) is 24.9 Å². The molecule has 0 radical (unpaired) electrons. The Balaban J connectivity index is 2.45. The molecular weight excluding hydrogens is 234 g/mol. The van der Waals surface area contributed by atoms with Gasteiger partial charge < -0.3 is 5.73 Å². The number of benzene rings is 1. The molecule has 1 heterocycles. The number of urea groups is 1. The minimum Gasteiger partial charge on any atom is -0.350 e. The summed E-state index contributed by atoms with van der Waals surface area (Å²) in [5, 5.41) is 3.66. The van der Waals surface area contributed by atoms with Crippen molar-refractivity contribution in [3.63, 3.8) is 0 Å². The molecule has 2 aromatic rings. The molecule has 7 nitrogen and oxygen atoms in total. The van der Waals surface area contributed by atoms with Crippen LogP contribution in [-0.2, 0) is 14.1 Å². The van der Waals surface area contributed by atoms with Gasteiger partial charge in [0.05, 0.1) is 17.2 Å². The van der Waals surface area contributed by atoms with E-state index in [0.29, 0.717) is 0 Å². The maximum absolute atomic E-state index is 11.7. The van der Waals surface area contributed by atoms with Gasteiger partial charge in [-0.2, -0.15) is 5.10 Å². The van der Waals surface area contributed by atoms with E-state index in [1.165, 1.54) is 6.21 Å². The summed E-state index contributed by atoms with van der Waals surface area (Å²) in [5.41, 5.74) is 9.30. The molecule has 3 N–H and O–H groups in total. The van der Waals surface area contributed by atoms with Crippen molar-refractivity contribution in [3.8, 4) is 0 Å². The Morgan fingerprint density at radius 3 is 2.67 bits per heavy atom. The lowest BCUT2D eigenvalue weighted by molar-refractivity contribution is 0.249. The first kappa shape index (κ1) is 11.9. The zero-order chi connectivity index (χ0) is 13.3. The first-order chi connectivity index (χ1) is 8.50. The van der Waals surface area contributed by atoms with Gasteiger partial charge in [-0.3, -0.25) is 9.13 Å². The lowest BCUT2D eigenvalue weighted by atomic mass is 10.2. The van der Waals surface area contributed by atoms with E-state index in [0.717, 1.165) is 16.6 Å². The highest BCUT2D eigenvalue weighted by atomic mass is 16.2. The molecule has 1 aromatic carbocycles. The number of rotatable bonds is 2. The number of imidazole rings is 1. The zero-order valence-corrected chi connectivity index (χ0v) is 10.0. The van der Waals surface area contributed by atoms with Crippen LogP contribution >= 0.6 is 0 Å². The second-order valence-corrected chi connectivity index (χ2v) is 3.88. The summed E-state index contributed by atoms with van der Waals surface area (Å²) in [6.45, 7) is 0. The Kier molecular flexibility index (Phi) is 2.88. The van der Waals surface area contributed by atoms with E-state index >= 15 is 0 Å². The first-order valence-corrected chi connectivity index (χ1v) is 5.24. The molecular formula is C11H13N5O2. The van der Waals surface area contributed by atoms with Crippen molar-refractivity contribution in [2.75, 3.05) is 0 Å². The predicted octanol–water partition coefficient (Wildman–Crippen LogP) is -0.121. The van der Waals surface area contributed by atoms with Crippen LogP contribution in [0.25, 0.3) is 11.0 Å². The number of nitrogens with zero attached hydrogens (tertiary/aromatic N) is 3. The zero-order valence-electron chi connectivity index (χ0n) is 10.0. The molecule has 0 aliphatic carbocycles. The van der Waals surface area contributed by atoms with Crippen LogP contribution < -0.4 is 16.8 Å². The van der Waals surface area contributed by atoms with Crippen LogP contribution in [0.3, 0.4) is 0 Å². The number of hydrogen-bond donors (Lipinski definition) is 2. The van der Waals surface area contributed by atoms with E-state index in [9.17, 15) is 9.59 Å². The van der Waals surface area contributed by atoms with Crippen molar-refractivity contribution < 1.29 is 4.79 Å². The molecule has 0 bridgehead atoms. The standard InChI is InChI=1S/C11H13N5O2/c1-15-8-4-3-7(6-13-14-10(12)17)5-9(8)16(2)11(15)18/h3-6H,1-2H3,(H3,12,14,17)/b13-6-. The minimum absolute atomic E-state index is 0.0886. The molecule has 0 unspecified atom stereocenters. The minimum atomic E-state index is -0.723. The Labute approximate surface area is 102 Å². The number of nitrogens with two attached hydrogens (primary N) is 1. The molecule has 94 valence electrons. The fourth-order valence-electron chi connectivity index (χ4n) is 1.77. The van der Waals surface area contributed by atoms with E-state index < -0.39 is 6.03 Å². The molecule has 0 spiro atoms. The van der Waals surface area contributed by atoms with Crippen LogP contribution in [0.2, 0.25) is 0 Å². The Bertz CT molecular complexity index is 695. The lowest BCUT2D eigenvalue weighted by Gasteiger charge is -1.97. The van der Waals surface area contributed by atoms with Crippen molar-refractivity contribution in [1.29, 1.82) is 0 Å². The van der Waals surface area contributed by atoms with Gasteiger partial charge >= 0.3 is 11.7 Å². The summed E-state index contributed by atoms with van der Waals surface area (Å²) in [5.74, 6) is 0. The Morgan fingerprint density at radius 2 is 2.00 bits per heavy atom. The van der Waals surface area contributed by atoms with Crippen LogP contribution in [0.4, 0.5) is 4.79 Å². The summed E-state index contributed by atoms with van der Waals surface area (Å²) in [6, 6.07) is 4.71. The molecule has 2 rings (SSSR count). The summed E-state index contributed by atoms with van der Waals surface area (Å²) in [4.78, 5) is 22.2. The van der Waals surface area contributed by atoms with E-state index in [2.05, 4.69) is 10.5 Å². The van der Waals surface area contributed by atoms with Gasteiger partial charge in [0.15, 0.2) is 0 Å². The van der Waals surface area contributed by atoms with Crippen LogP contribution in [0, 0.1) is 0 Å². The second-order valence-electron chi connectivity index (χ2n) is 3.88. The van der Waals surface area contributed by atoms with Gasteiger partial charge in [0, 0.05) is 14.1 Å². The molecule has 0 aliphatic rings. The molecule has 18 heavy (non-hydrogen) atoms. The molecule has 0 fully saturated rings. The Morgan fingerprint density at radius 1 is 1.33 bits per heavy atom. The van der Waals surface area contributed by atoms with Crippen LogP contribution in [0.5, 0.6) is 0 Å². The van der Waals surface area contributed by atoms with Crippen molar-refractivity contribution in [2.45, 2.75) is 0 Å². The normalized spacial score (nSPS) is 11.2. The van der Waals surface area contributed by atoms with E-state index in [1.807, 2.05) is 12.1 Å². The highest BCUT2D eigenvalue weighted by Crippen LogP contribution is 2.12. The number of hydrogen-bond acceptors (Lipinski definition) is 3. The number of aromatic nitrogens is 2. The van der Waals surface area contributed by atoms with Crippen LogP contribution in [-0.4, -0.2) is 21.4 Å². The molecule has 2 amide bonds. The smallest absolute Gasteiger partial charge is 0.332 e. The largest absolute Gasteiger partial charge is 0.350 e. The number of carbonyl (C=O) groups is 1. The summed E-state index contributed by atoms with van der Waals surface area (Å²) >= 11 is 0. The highest BCUT2D eigenvalue weighted by Gasteiger charge is 2.07. The summed E-state index contributed by atoms with van der Waals surface area (Å²) in [7, 11) is 3.42. The number of carbonyl (C=O) groups excluding carboxylic acids is 1. The van der Waals surface area contributed by atoms with Gasteiger partial charge in [-0.25, -0.2) is 15.0 Å². The maximum Gasteiger partial charge on any atom is 0.332 e. The van der Waals surface area contributed by atoms with Crippen molar-refractivity contribution in [1.82, 2.24) is 14.6 Å². The number of amides is 2. The summed E-state index contributed by atoms with van der Waals surface area (Å²) < 4.78 is 3.12. The van der Waals surface area contributed by atoms with Gasteiger partial charge in [0.2, 0.25) is 0 Å². The molecule has 0 saturated heterocycles. The van der Waals surface area contributed by atoms with E-state index in [1.54, 1.807) is 29.3 Å². The third-order valence-electron chi connectivity index (χ3n) is 2.68. The van der Waals surface area contributed by atoms with Gasteiger partial charge in [0.1, 0.15) is 0 Å². The quantitative estimate of drug-likeness (QED) is 0.571. The Hall–Kier alpha value is -2.57. The molecule has 1 aromatic heterocycles. The fraction of sp³-hybridized carbons (Fsp3) is 0.182. The molecule has 0 atom stereocenters. The first-order valence-electron chi connectivity index (χ1n) is 5.24. The predicted molar refractivity (Wildman–Crippen MR) is 68.5 cm³/mol. The average molecular weight is 247 g/mol. The van der Waals surface area contributed by atoms with Gasteiger partial charge in [0.25, 0.3) is 0 Å². The SMILES string of the molecule is Cn1c(=O)n(C)c2cc(/C=N\NC(N)=O)ccc21. The van der Waals surface area contributed by atoms with Crippen molar-refractivity contribution >= 4 is 23.3 Å². The van der Waals surface area contributed by atoms with Gasteiger partial charge in [-0.1, -0.05) is 6.07 Å². The van der Waals surface area contributed by atoms with Crippen LogP contribution in [0.15, 0.2) is 28.1 Å². The van der Waals surface area contributed by atoms with E-state index in [4.69, 9.17) is 5.73 Å². The maximum atomic E-state index is 11.7. The number of primary amides is 1. The lowest BCUT2D eigenvalue weighted by Crippen LogP contribution is -2.24. The van der Waals surface area contributed by atoms with Gasteiger partial charge in [-0.15, -0.1) is 0 Å². The monoisotopic (exact) mass is 247 g/mol. The number of fused-ring (bicyclic) bond motifs is 1. The molecule has 7 heteroatoms. The molecule has 0 aliphatic heterocycles. The number of nitrogens with one attached hydrogen (secondary N) is 1. The highest BCUT2D eigenvalue weighted by molar-refractivity contribution is 5.88. The third-order valence-corrected chi connectivity index (χ3v) is 2.68. The number of aryl methyl sites for hydroxylation is 2. The van der Waals surface area contributed by atoms with E-state index in [-0.39, 0.29) is 5.69 Å². The molecule has 0 saturated carbocycles. The third kappa shape index (κ3) is 1.97.